The van der Waals surface area contributed by atoms with Crippen LogP contribution in [0.3, 0.4) is 0 Å². The lowest BCUT2D eigenvalue weighted by molar-refractivity contribution is -0.150. The van der Waals surface area contributed by atoms with Gasteiger partial charge in [0.2, 0.25) is 11.8 Å². The molecule has 0 saturated carbocycles. The number of carboxylic acid groups (broad SMARTS) is 2. The number of carboxylic acids is 2. The predicted octanol–water partition coefficient (Wildman–Crippen LogP) is -0.280. The molecule has 3 heterocycles. The quantitative estimate of drug-likeness (QED) is 0.196. The van der Waals surface area contributed by atoms with Crippen LogP contribution < -0.4 is 11.1 Å². The van der Waals surface area contributed by atoms with Gasteiger partial charge in [0.05, 0.1) is 6.61 Å². The molecule has 4 rings (SSSR count). The molecule has 190 valence electrons. The van der Waals surface area contributed by atoms with Crippen LogP contribution in [0, 0.1) is 0 Å². The SMILES string of the molecule is NC(C(=O)NC1C(=O)N2C(C(=O)O)=C(CSc3nnc(CC(=O)O)o3)CS[C@H]12)c1ccc(CO)cc1. The molecule has 0 spiro atoms. The van der Waals surface area contributed by atoms with Crippen LogP contribution in [0.5, 0.6) is 0 Å². The van der Waals surface area contributed by atoms with Gasteiger partial charge in [0.25, 0.3) is 11.1 Å². The van der Waals surface area contributed by atoms with Crippen molar-refractivity contribution in [3.63, 3.8) is 0 Å². The number of carbonyl (C=O) groups excluding carboxylic acids is 2. The lowest BCUT2D eigenvalue weighted by Gasteiger charge is -2.49. The Balaban J connectivity index is 1.41. The molecule has 2 unspecified atom stereocenters. The molecule has 1 saturated heterocycles. The number of hydrogen-bond donors (Lipinski definition) is 5. The molecule has 13 nitrogen and oxygen atoms in total. The summed E-state index contributed by atoms with van der Waals surface area (Å²) in [5, 5.41) is 37.2. The fourth-order valence-electron chi connectivity index (χ4n) is 3.67. The molecule has 2 aliphatic heterocycles. The van der Waals surface area contributed by atoms with Gasteiger partial charge in [0.15, 0.2) is 0 Å². The molecule has 1 fully saturated rings. The molecule has 0 aliphatic carbocycles. The fraction of sp³-hybridized carbons (Fsp3) is 0.333. The Kier molecular flexibility index (Phi) is 7.63. The molecule has 1 aromatic carbocycles. The Morgan fingerprint density at radius 2 is 1.97 bits per heavy atom. The van der Waals surface area contributed by atoms with Crippen LogP contribution in [0.15, 0.2) is 45.2 Å². The second-order valence-corrected chi connectivity index (χ2v) is 9.88. The highest BCUT2D eigenvalue weighted by Gasteiger charge is 2.54. The molecular formula is C21H21N5O8S2. The van der Waals surface area contributed by atoms with Crippen molar-refractivity contribution < 1.29 is 38.9 Å². The second kappa shape index (κ2) is 10.7. The third kappa shape index (κ3) is 5.23. The maximum atomic E-state index is 12.8. The summed E-state index contributed by atoms with van der Waals surface area (Å²) >= 11 is 2.33. The molecule has 3 atom stereocenters. The fourth-order valence-corrected chi connectivity index (χ4v) is 5.93. The molecule has 2 aromatic rings. The normalized spacial score (nSPS) is 19.9. The highest BCUT2D eigenvalue weighted by atomic mass is 32.2. The first kappa shape index (κ1) is 25.7. The van der Waals surface area contributed by atoms with Gasteiger partial charge in [-0.05, 0) is 16.7 Å². The number of nitrogens with one attached hydrogen (secondary N) is 1. The van der Waals surface area contributed by atoms with Gasteiger partial charge in [0, 0.05) is 11.5 Å². The Morgan fingerprint density at radius 3 is 2.61 bits per heavy atom. The summed E-state index contributed by atoms with van der Waals surface area (Å²) in [6, 6.07) is 4.53. The topological polar surface area (TPSA) is 209 Å². The van der Waals surface area contributed by atoms with Gasteiger partial charge < -0.3 is 30.8 Å². The number of aromatic nitrogens is 2. The number of aliphatic carboxylic acids is 2. The smallest absolute Gasteiger partial charge is 0.352 e. The lowest BCUT2D eigenvalue weighted by Crippen LogP contribution is -2.71. The molecular weight excluding hydrogens is 514 g/mol. The number of carbonyl (C=O) groups is 4. The first-order valence-electron chi connectivity index (χ1n) is 10.5. The maximum Gasteiger partial charge on any atom is 0.352 e. The number of amides is 2. The van der Waals surface area contributed by atoms with Gasteiger partial charge in [0.1, 0.15) is 29.6 Å². The zero-order valence-corrected chi connectivity index (χ0v) is 20.1. The average Bonchev–Trinajstić information content (AvgIpc) is 3.31. The van der Waals surface area contributed by atoms with Gasteiger partial charge in [-0.3, -0.25) is 19.3 Å². The van der Waals surface area contributed by atoms with E-state index >= 15 is 0 Å². The molecule has 0 bridgehead atoms. The summed E-state index contributed by atoms with van der Waals surface area (Å²) in [6.07, 6.45) is -0.429. The number of aliphatic hydroxyl groups is 1. The molecule has 2 aliphatic rings. The zero-order valence-electron chi connectivity index (χ0n) is 18.5. The van der Waals surface area contributed by atoms with E-state index in [2.05, 4.69) is 15.5 Å². The summed E-state index contributed by atoms with van der Waals surface area (Å²) < 4.78 is 5.23. The third-order valence-corrected chi connectivity index (χ3v) is 7.72. The number of benzene rings is 1. The van der Waals surface area contributed by atoms with Crippen molar-refractivity contribution in [1.29, 1.82) is 0 Å². The molecule has 36 heavy (non-hydrogen) atoms. The van der Waals surface area contributed by atoms with E-state index < -0.39 is 47.6 Å². The van der Waals surface area contributed by atoms with Crippen LogP contribution in [-0.4, -0.2) is 77.1 Å². The van der Waals surface area contributed by atoms with Gasteiger partial charge >= 0.3 is 11.9 Å². The van der Waals surface area contributed by atoms with E-state index in [1.807, 2.05) is 0 Å². The number of thioether (sulfide) groups is 2. The van der Waals surface area contributed by atoms with Gasteiger partial charge in [-0.2, -0.15) is 0 Å². The highest BCUT2D eigenvalue weighted by molar-refractivity contribution is 8.01. The predicted molar refractivity (Wildman–Crippen MR) is 125 cm³/mol. The van der Waals surface area contributed by atoms with Crippen LogP contribution in [0.2, 0.25) is 0 Å². The minimum Gasteiger partial charge on any atom is -0.481 e. The van der Waals surface area contributed by atoms with E-state index in [9.17, 15) is 24.3 Å². The molecule has 15 heteroatoms. The number of β-lactam (4-membered cyclic amide) rings is 1. The second-order valence-electron chi connectivity index (χ2n) is 7.85. The van der Waals surface area contributed by atoms with E-state index in [1.165, 1.54) is 11.8 Å². The van der Waals surface area contributed by atoms with E-state index in [-0.39, 0.29) is 34.9 Å². The Labute approximate surface area is 212 Å². The van der Waals surface area contributed by atoms with Crippen LogP contribution in [0.25, 0.3) is 0 Å². The van der Waals surface area contributed by atoms with Crippen molar-refractivity contribution >= 4 is 47.3 Å². The van der Waals surface area contributed by atoms with Crippen molar-refractivity contribution in [1.82, 2.24) is 20.4 Å². The number of aliphatic hydroxyl groups excluding tert-OH is 1. The number of rotatable bonds is 10. The molecule has 6 N–H and O–H groups in total. The van der Waals surface area contributed by atoms with Crippen molar-refractivity contribution in [2.24, 2.45) is 5.73 Å². The van der Waals surface area contributed by atoms with Crippen molar-refractivity contribution in [3.05, 3.63) is 52.6 Å². The number of hydrogen-bond acceptors (Lipinski definition) is 11. The van der Waals surface area contributed by atoms with Crippen molar-refractivity contribution in [2.75, 3.05) is 11.5 Å². The zero-order chi connectivity index (χ0) is 26.0. The third-order valence-electron chi connectivity index (χ3n) is 5.47. The highest BCUT2D eigenvalue weighted by Crippen LogP contribution is 2.41. The molecule has 1 aromatic heterocycles. The van der Waals surface area contributed by atoms with Crippen LogP contribution >= 0.6 is 23.5 Å². The summed E-state index contributed by atoms with van der Waals surface area (Å²) in [7, 11) is 0. The standard InChI is InChI=1S/C21H21N5O8S2/c22-14(10-3-1-9(6-27)2-4-10)17(30)23-15-18(31)26-16(20(32)33)11(7-35-19(15)26)8-36-21-25-24-12(34-21)5-13(28)29/h1-4,14-15,19,27H,5-8,22H2,(H,23,30)(H,28,29)(H,32,33)/t14?,15?,19-/m1/s1. The Morgan fingerprint density at radius 1 is 1.25 bits per heavy atom. The first-order chi connectivity index (χ1) is 17.2. The summed E-state index contributed by atoms with van der Waals surface area (Å²) in [5.74, 6) is -3.22. The van der Waals surface area contributed by atoms with E-state index in [0.29, 0.717) is 16.7 Å². The summed E-state index contributed by atoms with van der Waals surface area (Å²) in [6.45, 7) is -0.145. The Bertz CT molecular complexity index is 1230. The summed E-state index contributed by atoms with van der Waals surface area (Å²) in [4.78, 5) is 49.4. The largest absolute Gasteiger partial charge is 0.481 e. The van der Waals surface area contributed by atoms with Crippen LogP contribution in [0.4, 0.5) is 0 Å². The van der Waals surface area contributed by atoms with Crippen LogP contribution in [-0.2, 0) is 32.2 Å². The van der Waals surface area contributed by atoms with Crippen molar-refractivity contribution in [2.45, 2.75) is 35.7 Å². The average molecular weight is 536 g/mol. The molecule has 0 radical (unpaired) electrons. The van der Waals surface area contributed by atoms with Gasteiger partial charge in [-0.25, -0.2) is 4.79 Å². The van der Waals surface area contributed by atoms with Gasteiger partial charge in [-0.15, -0.1) is 22.0 Å². The maximum absolute atomic E-state index is 12.8. The first-order valence-corrected chi connectivity index (χ1v) is 12.6. The lowest BCUT2D eigenvalue weighted by atomic mass is 10.0. The van der Waals surface area contributed by atoms with Crippen LogP contribution in [0.1, 0.15) is 23.1 Å². The number of fused-ring (bicyclic) bond motifs is 1. The van der Waals surface area contributed by atoms with Gasteiger partial charge in [-0.1, -0.05) is 36.0 Å². The van der Waals surface area contributed by atoms with E-state index in [1.54, 1.807) is 24.3 Å². The number of nitrogens with two attached hydrogens (primary N) is 1. The molecule has 2 amide bonds. The van der Waals surface area contributed by atoms with Crippen molar-refractivity contribution in [3.8, 4) is 0 Å². The summed E-state index contributed by atoms with van der Waals surface area (Å²) in [5.41, 5.74) is 7.47. The number of nitrogens with zero attached hydrogens (tertiary/aromatic N) is 3. The minimum absolute atomic E-state index is 0.0745. The van der Waals surface area contributed by atoms with E-state index in [0.717, 1.165) is 16.7 Å². The van der Waals surface area contributed by atoms with E-state index in [4.69, 9.17) is 20.4 Å². The minimum atomic E-state index is -1.29. The Hall–Kier alpha value is -3.40. The monoisotopic (exact) mass is 535 g/mol.